The lowest BCUT2D eigenvalue weighted by Crippen LogP contribution is -2.27. The van der Waals surface area contributed by atoms with Crippen molar-refractivity contribution in [2.45, 2.75) is 31.3 Å². The minimum Gasteiger partial charge on any atom is -0.326 e. The van der Waals surface area contributed by atoms with Gasteiger partial charge in [-0.15, -0.1) is 5.10 Å². The molecular formula is C7H12N4. The molecule has 0 spiro atoms. The van der Waals surface area contributed by atoms with Gasteiger partial charge < -0.3 is 5.73 Å². The molecule has 1 fully saturated rings. The second-order valence-corrected chi connectivity index (χ2v) is 3.05. The van der Waals surface area contributed by atoms with Gasteiger partial charge in [0.15, 0.2) is 0 Å². The molecule has 2 atom stereocenters. The van der Waals surface area contributed by atoms with Crippen molar-refractivity contribution < 1.29 is 0 Å². The molecule has 11 heavy (non-hydrogen) atoms. The van der Waals surface area contributed by atoms with E-state index in [2.05, 4.69) is 10.3 Å². The minimum atomic E-state index is 0.275. The molecule has 1 saturated carbocycles. The number of aromatic nitrogens is 3. The number of rotatable bonds is 1. The Morgan fingerprint density at radius 2 is 2.36 bits per heavy atom. The van der Waals surface area contributed by atoms with Crippen molar-refractivity contribution in [3.05, 3.63) is 12.4 Å². The van der Waals surface area contributed by atoms with E-state index >= 15 is 0 Å². The first-order valence-corrected chi connectivity index (χ1v) is 3.99. The van der Waals surface area contributed by atoms with E-state index in [0.29, 0.717) is 6.04 Å². The Bertz CT molecular complexity index is 218. The predicted octanol–water partition coefficient (Wildman–Crippen LogP) is 0.330. The Hall–Kier alpha value is -0.900. The van der Waals surface area contributed by atoms with Crippen molar-refractivity contribution in [3.8, 4) is 0 Å². The minimum absolute atomic E-state index is 0.275. The normalized spacial score (nSPS) is 31.0. The third-order valence-electron chi connectivity index (χ3n) is 2.31. The van der Waals surface area contributed by atoms with Crippen LogP contribution in [0.1, 0.15) is 25.3 Å². The van der Waals surface area contributed by atoms with Crippen molar-refractivity contribution in [2.75, 3.05) is 0 Å². The number of hydrogen-bond donors (Lipinski definition) is 1. The molecule has 0 amide bonds. The van der Waals surface area contributed by atoms with Crippen LogP contribution in [-0.2, 0) is 0 Å². The predicted molar refractivity (Wildman–Crippen MR) is 40.9 cm³/mol. The molecule has 4 heteroatoms. The van der Waals surface area contributed by atoms with Gasteiger partial charge in [0, 0.05) is 12.2 Å². The number of hydrogen-bond acceptors (Lipinski definition) is 3. The van der Waals surface area contributed by atoms with E-state index in [9.17, 15) is 0 Å². The molecule has 0 aliphatic heterocycles. The summed E-state index contributed by atoms with van der Waals surface area (Å²) in [5.41, 5.74) is 5.88. The van der Waals surface area contributed by atoms with Gasteiger partial charge in [-0.05, 0) is 19.3 Å². The Kier molecular flexibility index (Phi) is 1.62. The molecule has 2 rings (SSSR count). The van der Waals surface area contributed by atoms with Gasteiger partial charge in [0.05, 0.1) is 12.2 Å². The summed E-state index contributed by atoms with van der Waals surface area (Å²) in [7, 11) is 0. The van der Waals surface area contributed by atoms with Gasteiger partial charge in [0.1, 0.15) is 0 Å². The quantitative estimate of drug-likeness (QED) is 0.631. The fourth-order valence-corrected chi connectivity index (χ4v) is 1.69. The first-order chi connectivity index (χ1) is 5.38. The molecule has 0 bridgehead atoms. The van der Waals surface area contributed by atoms with E-state index in [1.807, 2.05) is 10.9 Å². The Morgan fingerprint density at radius 1 is 1.45 bits per heavy atom. The average Bonchev–Trinajstić information content (AvgIpc) is 2.55. The molecule has 0 saturated heterocycles. The largest absolute Gasteiger partial charge is 0.326 e. The summed E-state index contributed by atoms with van der Waals surface area (Å²) in [5.74, 6) is 0. The second kappa shape index (κ2) is 2.62. The molecule has 1 aromatic rings. The molecule has 1 aliphatic rings. The molecule has 1 heterocycles. The summed E-state index contributed by atoms with van der Waals surface area (Å²) in [6.07, 6.45) is 7.06. The van der Waals surface area contributed by atoms with E-state index < -0.39 is 0 Å². The van der Waals surface area contributed by atoms with Crippen LogP contribution in [0.5, 0.6) is 0 Å². The van der Waals surface area contributed by atoms with Gasteiger partial charge in [-0.3, -0.25) is 0 Å². The smallest absolute Gasteiger partial charge is 0.0693 e. The molecule has 0 aromatic carbocycles. The summed E-state index contributed by atoms with van der Waals surface area (Å²) in [5, 5.41) is 7.69. The highest BCUT2D eigenvalue weighted by molar-refractivity contribution is 4.85. The van der Waals surface area contributed by atoms with Crippen LogP contribution in [0.15, 0.2) is 12.4 Å². The first-order valence-electron chi connectivity index (χ1n) is 3.99. The fraction of sp³-hybridized carbons (Fsp3) is 0.714. The second-order valence-electron chi connectivity index (χ2n) is 3.05. The van der Waals surface area contributed by atoms with Crippen LogP contribution in [-0.4, -0.2) is 21.0 Å². The van der Waals surface area contributed by atoms with Crippen LogP contribution in [0.2, 0.25) is 0 Å². The van der Waals surface area contributed by atoms with Crippen LogP contribution in [0.3, 0.4) is 0 Å². The zero-order valence-electron chi connectivity index (χ0n) is 6.35. The van der Waals surface area contributed by atoms with Crippen molar-refractivity contribution in [1.29, 1.82) is 0 Å². The molecule has 0 radical (unpaired) electrons. The average molecular weight is 152 g/mol. The molecule has 0 unspecified atom stereocenters. The van der Waals surface area contributed by atoms with Crippen LogP contribution in [0.25, 0.3) is 0 Å². The van der Waals surface area contributed by atoms with Gasteiger partial charge in [0.25, 0.3) is 0 Å². The lowest BCUT2D eigenvalue weighted by Gasteiger charge is -2.13. The molecule has 60 valence electrons. The fourth-order valence-electron chi connectivity index (χ4n) is 1.69. The Morgan fingerprint density at radius 3 is 2.91 bits per heavy atom. The topological polar surface area (TPSA) is 56.7 Å². The first kappa shape index (κ1) is 6.79. The van der Waals surface area contributed by atoms with Gasteiger partial charge in [-0.1, -0.05) is 5.21 Å². The number of nitrogens with two attached hydrogens (primary N) is 1. The molecule has 2 N–H and O–H groups in total. The number of nitrogens with zero attached hydrogens (tertiary/aromatic N) is 3. The van der Waals surface area contributed by atoms with E-state index in [-0.39, 0.29) is 6.04 Å². The van der Waals surface area contributed by atoms with Crippen LogP contribution >= 0.6 is 0 Å². The monoisotopic (exact) mass is 152 g/mol. The van der Waals surface area contributed by atoms with Crippen LogP contribution in [0, 0.1) is 0 Å². The van der Waals surface area contributed by atoms with Gasteiger partial charge in [0.2, 0.25) is 0 Å². The molecule has 1 aliphatic carbocycles. The maximum atomic E-state index is 5.88. The SMILES string of the molecule is N[C@H]1CCC[C@H]1n1ccnn1. The zero-order chi connectivity index (χ0) is 7.68. The lowest BCUT2D eigenvalue weighted by atomic mass is 10.2. The van der Waals surface area contributed by atoms with Crippen LogP contribution in [0.4, 0.5) is 0 Å². The molecule has 1 aromatic heterocycles. The third kappa shape index (κ3) is 1.14. The Labute approximate surface area is 65.4 Å². The van der Waals surface area contributed by atoms with E-state index in [1.165, 1.54) is 6.42 Å². The highest BCUT2D eigenvalue weighted by Crippen LogP contribution is 2.27. The summed E-state index contributed by atoms with van der Waals surface area (Å²) in [6.45, 7) is 0. The molecular weight excluding hydrogens is 140 g/mol. The van der Waals surface area contributed by atoms with Gasteiger partial charge in [-0.2, -0.15) is 0 Å². The van der Waals surface area contributed by atoms with Crippen molar-refractivity contribution in [3.63, 3.8) is 0 Å². The van der Waals surface area contributed by atoms with Gasteiger partial charge in [-0.25, -0.2) is 4.68 Å². The maximum absolute atomic E-state index is 5.88. The summed E-state index contributed by atoms with van der Waals surface area (Å²) in [6, 6.07) is 0.661. The van der Waals surface area contributed by atoms with E-state index in [4.69, 9.17) is 5.73 Å². The van der Waals surface area contributed by atoms with Crippen molar-refractivity contribution in [1.82, 2.24) is 15.0 Å². The van der Waals surface area contributed by atoms with Crippen LogP contribution < -0.4 is 5.73 Å². The van der Waals surface area contributed by atoms with E-state index in [0.717, 1.165) is 12.8 Å². The highest BCUT2D eigenvalue weighted by Gasteiger charge is 2.25. The highest BCUT2D eigenvalue weighted by atomic mass is 15.4. The van der Waals surface area contributed by atoms with Crippen molar-refractivity contribution >= 4 is 0 Å². The summed E-state index contributed by atoms with van der Waals surface area (Å²) < 4.78 is 1.87. The maximum Gasteiger partial charge on any atom is 0.0693 e. The van der Waals surface area contributed by atoms with Crippen molar-refractivity contribution in [2.24, 2.45) is 5.73 Å². The summed E-state index contributed by atoms with van der Waals surface area (Å²) >= 11 is 0. The van der Waals surface area contributed by atoms with E-state index in [1.54, 1.807) is 6.20 Å². The zero-order valence-corrected chi connectivity index (χ0v) is 6.35. The standard InChI is InChI=1S/C7H12N4/c8-6-2-1-3-7(6)11-5-4-9-10-11/h4-7H,1-3,8H2/t6-,7+/m0/s1. The third-order valence-corrected chi connectivity index (χ3v) is 2.31. The lowest BCUT2D eigenvalue weighted by molar-refractivity contribution is 0.412. The Balaban J connectivity index is 2.16. The van der Waals surface area contributed by atoms with Gasteiger partial charge >= 0.3 is 0 Å². The summed E-state index contributed by atoms with van der Waals surface area (Å²) in [4.78, 5) is 0. The molecule has 4 nitrogen and oxygen atoms in total.